The summed E-state index contributed by atoms with van der Waals surface area (Å²) in [6.07, 6.45) is 4.14. The van der Waals surface area contributed by atoms with Gasteiger partial charge in [0.05, 0.1) is 16.6 Å². The predicted octanol–water partition coefficient (Wildman–Crippen LogP) is 3.11. The summed E-state index contributed by atoms with van der Waals surface area (Å²) in [4.78, 5) is 43.1. The Labute approximate surface area is 219 Å². The van der Waals surface area contributed by atoms with E-state index in [4.69, 9.17) is 5.11 Å². The van der Waals surface area contributed by atoms with Crippen molar-refractivity contribution in [3.8, 4) is 0 Å². The zero-order valence-corrected chi connectivity index (χ0v) is 22.8. The number of unbranched alkanes of at least 4 members (excludes halogenated alkanes) is 3. The molecule has 2 bridgehead atoms. The van der Waals surface area contributed by atoms with Crippen LogP contribution in [0.1, 0.15) is 65.4 Å². The molecule has 3 amide bonds. The first kappa shape index (κ1) is 27.0. The van der Waals surface area contributed by atoms with Crippen molar-refractivity contribution in [3.63, 3.8) is 0 Å². The van der Waals surface area contributed by atoms with Gasteiger partial charge in [-0.05, 0) is 51.5 Å². The van der Waals surface area contributed by atoms with Crippen molar-refractivity contribution < 1.29 is 19.5 Å². The van der Waals surface area contributed by atoms with E-state index in [-0.39, 0.29) is 35.5 Å². The monoisotopic (exact) mass is 515 g/mol. The molecule has 3 aliphatic rings. The Morgan fingerprint density at radius 1 is 1.11 bits per heavy atom. The fraction of sp³-hybridized carbons (Fsp3) is 0.679. The van der Waals surface area contributed by atoms with Crippen LogP contribution in [0, 0.1) is 17.8 Å². The van der Waals surface area contributed by atoms with E-state index >= 15 is 0 Å². The second kappa shape index (κ2) is 10.7. The van der Waals surface area contributed by atoms with Crippen LogP contribution < -0.4 is 10.6 Å². The van der Waals surface area contributed by atoms with E-state index in [0.29, 0.717) is 13.1 Å². The lowest BCUT2D eigenvalue weighted by atomic mass is 9.65. The zero-order valence-electron chi connectivity index (χ0n) is 22.0. The molecule has 0 aromatic heterocycles. The number of benzene rings is 1. The second-order valence-corrected chi connectivity index (χ2v) is 13.2. The molecule has 36 heavy (non-hydrogen) atoms. The quantitative estimate of drug-likeness (QED) is 0.416. The molecule has 3 saturated heterocycles. The Hall–Kier alpha value is -2.06. The highest BCUT2D eigenvalue weighted by Gasteiger charge is 2.75. The van der Waals surface area contributed by atoms with Crippen LogP contribution in [0.5, 0.6) is 0 Å². The van der Waals surface area contributed by atoms with Crippen molar-refractivity contribution in [1.29, 1.82) is 0 Å². The molecule has 198 valence electrons. The largest absolute Gasteiger partial charge is 0.396 e. The average Bonchev–Trinajstić information content (AvgIpc) is 3.40. The lowest BCUT2D eigenvalue weighted by Gasteiger charge is -2.39. The number of amides is 3. The van der Waals surface area contributed by atoms with Gasteiger partial charge in [-0.2, -0.15) is 0 Å². The molecule has 4 rings (SSSR count). The summed E-state index contributed by atoms with van der Waals surface area (Å²) in [7, 11) is 0. The minimum atomic E-state index is -0.586. The molecular formula is C28H41N3O4S. The van der Waals surface area contributed by atoms with Gasteiger partial charge >= 0.3 is 0 Å². The highest BCUT2D eigenvalue weighted by molar-refractivity contribution is 8.02. The van der Waals surface area contributed by atoms with Gasteiger partial charge in [0.15, 0.2) is 0 Å². The summed E-state index contributed by atoms with van der Waals surface area (Å²) in [6, 6.07) is 9.22. The number of aliphatic hydroxyl groups is 1. The number of carbonyl (C=O) groups excluding carboxylic acids is 3. The molecule has 1 aromatic carbocycles. The number of carbonyl (C=O) groups is 3. The van der Waals surface area contributed by atoms with Crippen molar-refractivity contribution in [2.24, 2.45) is 17.8 Å². The second-order valence-electron chi connectivity index (χ2n) is 11.7. The summed E-state index contributed by atoms with van der Waals surface area (Å²) in [5.41, 5.74) is 0.605. The zero-order chi connectivity index (χ0) is 26.1. The molecule has 3 N–H and O–H groups in total. The molecule has 6 atom stereocenters. The number of rotatable bonds is 10. The smallest absolute Gasteiger partial charge is 0.244 e. The van der Waals surface area contributed by atoms with E-state index in [9.17, 15) is 14.4 Å². The van der Waals surface area contributed by atoms with Gasteiger partial charge in [-0.15, -0.1) is 11.8 Å². The van der Waals surface area contributed by atoms with E-state index in [1.165, 1.54) is 0 Å². The Bertz CT molecular complexity index is 965. The van der Waals surface area contributed by atoms with Gasteiger partial charge in [-0.3, -0.25) is 14.4 Å². The molecule has 0 radical (unpaired) electrons. The first-order valence-corrected chi connectivity index (χ1v) is 14.2. The summed E-state index contributed by atoms with van der Waals surface area (Å²) in [5.74, 6) is -0.989. The van der Waals surface area contributed by atoms with Gasteiger partial charge in [0.2, 0.25) is 17.7 Å². The molecule has 0 aliphatic carbocycles. The van der Waals surface area contributed by atoms with Gasteiger partial charge in [-0.1, -0.05) is 50.1 Å². The fourth-order valence-electron chi connectivity index (χ4n) is 6.45. The molecule has 3 heterocycles. The van der Waals surface area contributed by atoms with E-state index in [1.54, 1.807) is 16.7 Å². The van der Waals surface area contributed by atoms with Crippen LogP contribution in [-0.2, 0) is 20.9 Å². The summed E-state index contributed by atoms with van der Waals surface area (Å²) < 4.78 is -0.586. The van der Waals surface area contributed by atoms with Crippen molar-refractivity contribution in [3.05, 3.63) is 35.9 Å². The Kier molecular flexibility index (Phi) is 8.05. The number of nitrogens with zero attached hydrogens (tertiary/aromatic N) is 1. The standard InChI is InChI=1S/C28H41N3O4S/c1-18-16-20-21(24(33)29-17-19-12-8-7-9-13-19)22-26(35)31(14-10-5-6-11-15-32)23(28(18,22)36-20)25(34)30-27(2,3)4/h7-9,12-13,18,20-23,32H,5-6,10-11,14-17H2,1-4H3,(H,29,33)(H,30,34)/t18?,20-,21+,22-,23?,28?/m0/s1. The minimum absolute atomic E-state index is 0.0429. The molecule has 0 saturated carbocycles. The number of aliphatic hydroxyl groups excluding tert-OH is 1. The number of likely N-dealkylation sites (tertiary alicyclic amines) is 1. The maximum Gasteiger partial charge on any atom is 0.244 e. The normalized spacial score (nSPS) is 31.0. The Morgan fingerprint density at radius 3 is 2.47 bits per heavy atom. The minimum Gasteiger partial charge on any atom is -0.396 e. The topological polar surface area (TPSA) is 98.7 Å². The van der Waals surface area contributed by atoms with Crippen molar-refractivity contribution >= 4 is 29.5 Å². The summed E-state index contributed by atoms with van der Waals surface area (Å²) in [5, 5.41) is 15.4. The molecule has 3 unspecified atom stereocenters. The van der Waals surface area contributed by atoms with E-state index in [1.807, 2.05) is 51.1 Å². The maximum absolute atomic E-state index is 14.0. The molecular weight excluding hydrogens is 474 g/mol. The number of nitrogens with one attached hydrogen (secondary N) is 2. The van der Waals surface area contributed by atoms with Crippen LogP contribution in [0.4, 0.5) is 0 Å². The molecule has 7 nitrogen and oxygen atoms in total. The lowest BCUT2D eigenvalue weighted by Crippen LogP contribution is -2.59. The van der Waals surface area contributed by atoms with Gasteiger partial charge in [-0.25, -0.2) is 0 Å². The first-order valence-electron chi connectivity index (χ1n) is 13.3. The van der Waals surface area contributed by atoms with E-state index in [2.05, 4.69) is 17.6 Å². The van der Waals surface area contributed by atoms with Crippen LogP contribution in [0.2, 0.25) is 0 Å². The van der Waals surface area contributed by atoms with Gasteiger partial charge in [0.25, 0.3) is 0 Å². The number of hydrogen-bond acceptors (Lipinski definition) is 5. The SMILES string of the molecule is CC1C[C@@H]2SC13C(C(=O)NC(C)(C)C)N(CCCCCCO)C(=O)[C@@H]3[C@@H]2C(=O)NCc1ccccc1. The third kappa shape index (κ3) is 5.03. The predicted molar refractivity (Wildman–Crippen MR) is 142 cm³/mol. The van der Waals surface area contributed by atoms with Crippen LogP contribution in [-0.4, -0.2) is 62.5 Å². The first-order chi connectivity index (χ1) is 17.1. The van der Waals surface area contributed by atoms with E-state index < -0.39 is 28.2 Å². The summed E-state index contributed by atoms with van der Waals surface area (Å²) in [6.45, 7) is 9.11. The van der Waals surface area contributed by atoms with Crippen molar-refractivity contribution in [2.45, 2.75) is 87.9 Å². The van der Waals surface area contributed by atoms with E-state index in [0.717, 1.165) is 37.7 Å². The number of fused-ring (bicyclic) bond motifs is 1. The van der Waals surface area contributed by atoms with Crippen molar-refractivity contribution in [2.75, 3.05) is 13.2 Å². The Balaban J connectivity index is 1.59. The third-order valence-corrected chi connectivity index (χ3v) is 9.99. The van der Waals surface area contributed by atoms with Gasteiger partial charge < -0.3 is 20.6 Å². The fourth-order valence-corrected chi connectivity index (χ4v) is 8.87. The van der Waals surface area contributed by atoms with Crippen LogP contribution in [0.15, 0.2) is 30.3 Å². The molecule has 1 spiro atoms. The highest BCUT2D eigenvalue weighted by Crippen LogP contribution is 2.68. The van der Waals surface area contributed by atoms with Crippen molar-refractivity contribution in [1.82, 2.24) is 15.5 Å². The summed E-state index contributed by atoms with van der Waals surface area (Å²) >= 11 is 1.72. The van der Waals surface area contributed by atoms with Crippen LogP contribution in [0.25, 0.3) is 0 Å². The van der Waals surface area contributed by atoms with Gasteiger partial charge in [0.1, 0.15) is 6.04 Å². The van der Waals surface area contributed by atoms with Crippen LogP contribution in [0.3, 0.4) is 0 Å². The molecule has 8 heteroatoms. The molecule has 1 aromatic rings. The number of thioether (sulfide) groups is 1. The van der Waals surface area contributed by atoms with Crippen LogP contribution >= 0.6 is 11.8 Å². The maximum atomic E-state index is 14.0. The lowest BCUT2D eigenvalue weighted by molar-refractivity contribution is -0.140. The average molecular weight is 516 g/mol. The molecule has 3 fully saturated rings. The number of hydrogen-bond donors (Lipinski definition) is 3. The third-order valence-electron chi connectivity index (χ3n) is 7.91. The molecule has 3 aliphatic heterocycles. The Morgan fingerprint density at radius 2 is 1.81 bits per heavy atom. The van der Waals surface area contributed by atoms with Gasteiger partial charge in [0, 0.05) is 30.5 Å². The highest BCUT2D eigenvalue weighted by atomic mass is 32.2.